The Morgan fingerprint density at radius 1 is 0.973 bits per heavy atom. The first-order valence-electron chi connectivity index (χ1n) is 12.2. The third-order valence-electron chi connectivity index (χ3n) is 7.74. The van der Waals surface area contributed by atoms with Gasteiger partial charge >= 0.3 is 0 Å². The summed E-state index contributed by atoms with van der Waals surface area (Å²) < 4.78 is 29.0. The number of hydrogen-bond acceptors (Lipinski definition) is 7. The van der Waals surface area contributed by atoms with Gasteiger partial charge in [-0.25, -0.2) is 23.7 Å². The lowest BCUT2D eigenvalue weighted by Gasteiger charge is -2.37. The van der Waals surface area contributed by atoms with Crippen LogP contribution in [0.15, 0.2) is 49.1 Å². The third kappa shape index (κ3) is 3.80. The molecule has 188 valence electrons. The molecule has 37 heavy (non-hydrogen) atoms. The molecule has 1 saturated carbocycles. The van der Waals surface area contributed by atoms with Gasteiger partial charge in [-0.2, -0.15) is 5.10 Å². The predicted octanol–water partition coefficient (Wildman–Crippen LogP) is 5.10. The van der Waals surface area contributed by atoms with Crippen molar-refractivity contribution in [2.45, 2.75) is 57.5 Å². The van der Waals surface area contributed by atoms with Crippen LogP contribution in [0.2, 0.25) is 0 Å². The monoisotopic (exact) mass is 500 g/mol. The van der Waals surface area contributed by atoms with Crippen molar-refractivity contribution >= 4 is 0 Å². The van der Waals surface area contributed by atoms with E-state index >= 15 is 0 Å². The minimum atomic E-state index is -1.15. The van der Waals surface area contributed by atoms with Gasteiger partial charge in [-0.1, -0.05) is 13.0 Å². The fourth-order valence-electron chi connectivity index (χ4n) is 5.70. The first kappa shape index (κ1) is 23.7. The molecule has 1 fully saturated rings. The molecule has 0 aliphatic heterocycles. The Bertz CT molecular complexity index is 1520. The van der Waals surface area contributed by atoms with Gasteiger partial charge in [0, 0.05) is 24.2 Å². The Morgan fingerprint density at radius 2 is 1.68 bits per heavy atom. The van der Waals surface area contributed by atoms with Crippen LogP contribution in [0.5, 0.6) is 0 Å². The summed E-state index contributed by atoms with van der Waals surface area (Å²) >= 11 is 0. The fourth-order valence-corrected chi connectivity index (χ4v) is 5.70. The van der Waals surface area contributed by atoms with E-state index in [1.165, 1.54) is 18.2 Å². The number of rotatable bonds is 4. The summed E-state index contributed by atoms with van der Waals surface area (Å²) in [4.78, 5) is 18.0. The van der Waals surface area contributed by atoms with Crippen molar-refractivity contribution in [1.82, 2.24) is 30.1 Å². The van der Waals surface area contributed by atoms with Gasteiger partial charge < -0.3 is 5.11 Å². The zero-order chi connectivity index (χ0) is 26.2. The normalized spacial score (nSPS) is 24.4. The summed E-state index contributed by atoms with van der Waals surface area (Å²) in [6.45, 7) is 7.56. The molecular formula is C28H26F2N6O. The van der Waals surface area contributed by atoms with E-state index < -0.39 is 22.7 Å². The zero-order valence-corrected chi connectivity index (χ0v) is 21.0. The van der Waals surface area contributed by atoms with Crippen LogP contribution in [-0.4, -0.2) is 35.2 Å². The molecule has 1 N–H and O–H groups in total. The molecule has 6 rings (SSSR count). The van der Waals surface area contributed by atoms with Crippen LogP contribution in [0, 0.1) is 17.0 Å². The van der Waals surface area contributed by atoms with Gasteiger partial charge in [0.25, 0.3) is 0 Å². The van der Waals surface area contributed by atoms with Crippen LogP contribution >= 0.6 is 0 Å². The van der Waals surface area contributed by atoms with Crippen molar-refractivity contribution in [2.24, 2.45) is 5.41 Å². The van der Waals surface area contributed by atoms with Crippen LogP contribution in [-0.2, 0) is 11.0 Å². The van der Waals surface area contributed by atoms with E-state index in [-0.39, 0.29) is 22.6 Å². The summed E-state index contributed by atoms with van der Waals surface area (Å²) in [5.41, 5.74) is 2.01. The Hall–Kier alpha value is -3.72. The third-order valence-corrected chi connectivity index (χ3v) is 7.74. The molecule has 9 heteroatoms. The first-order chi connectivity index (χ1) is 17.5. The van der Waals surface area contributed by atoms with E-state index in [1.807, 2.05) is 0 Å². The molecule has 2 aliphatic carbocycles. The number of fused-ring (bicyclic) bond motifs is 3. The Labute approximate surface area is 213 Å². The molecule has 7 nitrogen and oxygen atoms in total. The second-order valence-electron chi connectivity index (χ2n) is 11.2. The van der Waals surface area contributed by atoms with Gasteiger partial charge in [0.2, 0.25) is 0 Å². The van der Waals surface area contributed by atoms with Crippen LogP contribution < -0.4 is 0 Å². The number of aliphatic hydroxyl groups is 1. The van der Waals surface area contributed by atoms with Crippen LogP contribution in [0.25, 0.3) is 22.5 Å². The quantitative estimate of drug-likeness (QED) is 0.416. The SMILES string of the molecule is CC(C)(O)c1ncc(-c2cncc([C@]3(C)CC4(C)C[C@H]4c4cc(-c5c(F)cccc5F)nnc43)n2)cn1. The van der Waals surface area contributed by atoms with Gasteiger partial charge in [-0.15, -0.1) is 5.10 Å². The second kappa shape index (κ2) is 7.89. The van der Waals surface area contributed by atoms with E-state index in [1.54, 1.807) is 44.7 Å². The molecule has 2 aliphatic rings. The molecule has 3 aromatic heterocycles. The molecule has 0 radical (unpaired) electrons. The minimum Gasteiger partial charge on any atom is -0.382 e. The summed E-state index contributed by atoms with van der Waals surface area (Å²) in [7, 11) is 0. The maximum absolute atomic E-state index is 14.5. The van der Waals surface area contributed by atoms with Crippen molar-refractivity contribution in [1.29, 1.82) is 0 Å². The van der Waals surface area contributed by atoms with Crippen molar-refractivity contribution in [3.63, 3.8) is 0 Å². The predicted molar refractivity (Wildman–Crippen MR) is 132 cm³/mol. The molecule has 3 heterocycles. The summed E-state index contributed by atoms with van der Waals surface area (Å²) in [6.07, 6.45) is 8.39. The molecule has 4 aromatic rings. The number of benzene rings is 1. The van der Waals surface area contributed by atoms with Crippen LogP contribution in [0.3, 0.4) is 0 Å². The average Bonchev–Trinajstić information content (AvgIpc) is 3.54. The van der Waals surface area contributed by atoms with Gasteiger partial charge in [-0.3, -0.25) is 4.98 Å². The number of nitrogens with zero attached hydrogens (tertiary/aromatic N) is 6. The summed E-state index contributed by atoms with van der Waals surface area (Å²) in [5.74, 6) is -0.761. The molecular weight excluding hydrogens is 474 g/mol. The fraction of sp³-hybridized carbons (Fsp3) is 0.357. The molecule has 0 amide bonds. The number of hydrogen-bond donors (Lipinski definition) is 1. The number of aromatic nitrogens is 6. The molecule has 0 saturated heterocycles. The highest BCUT2D eigenvalue weighted by Gasteiger charge is 2.61. The van der Waals surface area contributed by atoms with Gasteiger partial charge in [0.1, 0.15) is 17.2 Å². The Balaban J connectivity index is 1.44. The molecule has 1 unspecified atom stereocenters. The van der Waals surface area contributed by atoms with Gasteiger partial charge in [0.05, 0.1) is 40.0 Å². The molecule has 1 aromatic carbocycles. The lowest BCUT2D eigenvalue weighted by atomic mass is 9.68. The zero-order valence-electron chi connectivity index (χ0n) is 21.0. The lowest BCUT2D eigenvalue weighted by molar-refractivity contribution is 0.0687. The topological polar surface area (TPSA) is 97.6 Å². The maximum Gasteiger partial charge on any atom is 0.159 e. The molecule has 3 atom stereocenters. The summed E-state index contributed by atoms with van der Waals surface area (Å²) in [6, 6.07) is 5.58. The van der Waals surface area contributed by atoms with Gasteiger partial charge in [-0.05, 0) is 68.7 Å². The largest absolute Gasteiger partial charge is 0.382 e. The molecule has 0 bridgehead atoms. The van der Waals surface area contributed by atoms with Gasteiger partial charge in [0.15, 0.2) is 5.82 Å². The highest BCUT2D eigenvalue weighted by Crippen LogP contribution is 2.69. The minimum absolute atomic E-state index is 0.0188. The molecule has 0 spiro atoms. The highest BCUT2D eigenvalue weighted by atomic mass is 19.1. The maximum atomic E-state index is 14.5. The van der Waals surface area contributed by atoms with Crippen molar-refractivity contribution in [3.05, 3.63) is 83.5 Å². The Kier molecular flexibility index (Phi) is 5.04. The van der Waals surface area contributed by atoms with Crippen LogP contribution in [0.4, 0.5) is 8.78 Å². The lowest BCUT2D eigenvalue weighted by Crippen LogP contribution is -2.35. The smallest absolute Gasteiger partial charge is 0.159 e. The highest BCUT2D eigenvalue weighted by molar-refractivity contribution is 5.63. The van der Waals surface area contributed by atoms with Crippen LogP contribution in [0.1, 0.15) is 69.2 Å². The van der Waals surface area contributed by atoms with Crippen molar-refractivity contribution < 1.29 is 13.9 Å². The Morgan fingerprint density at radius 3 is 2.35 bits per heavy atom. The van der Waals surface area contributed by atoms with E-state index in [9.17, 15) is 13.9 Å². The van der Waals surface area contributed by atoms with E-state index in [2.05, 4.69) is 39.0 Å². The van der Waals surface area contributed by atoms with E-state index in [0.29, 0.717) is 17.1 Å². The van der Waals surface area contributed by atoms with E-state index in [4.69, 9.17) is 4.98 Å². The number of halogens is 2. The first-order valence-corrected chi connectivity index (χ1v) is 12.2. The van der Waals surface area contributed by atoms with E-state index in [0.717, 1.165) is 29.8 Å². The second-order valence-corrected chi connectivity index (χ2v) is 11.2. The summed E-state index contributed by atoms with van der Waals surface area (Å²) in [5, 5.41) is 19.0. The average molecular weight is 501 g/mol. The van der Waals surface area contributed by atoms with Crippen molar-refractivity contribution in [3.8, 4) is 22.5 Å². The van der Waals surface area contributed by atoms with Crippen molar-refractivity contribution in [2.75, 3.05) is 0 Å². The standard InChI is InChI=1S/C28H26F2N6O/c1-26(2,37)25-32-10-15(11-33-25)21-12-31-13-22(34-21)28(4)14-27(3)9-17(27)16-8-20(35-36-24(16)28)23-18(29)6-5-7-19(23)30/h5-8,10-13,17,37H,9,14H2,1-4H3/t17-,27?,28-/m0/s1.